The Balaban J connectivity index is 1.52. The van der Waals surface area contributed by atoms with Gasteiger partial charge in [0.2, 0.25) is 6.79 Å². The van der Waals surface area contributed by atoms with E-state index in [1.807, 2.05) is 18.2 Å². The second-order valence-electron chi connectivity index (χ2n) is 6.89. The minimum absolute atomic E-state index is 0.122. The van der Waals surface area contributed by atoms with Crippen molar-refractivity contribution >= 4 is 11.8 Å². The van der Waals surface area contributed by atoms with Crippen molar-refractivity contribution in [2.24, 2.45) is 5.92 Å². The van der Waals surface area contributed by atoms with Gasteiger partial charge in [-0.15, -0.1) is 0 Å². The SMILES string of the molecule is CC(C)CCNC(=O)c1ccc(C(=O)NCc2ccc3c(c2)OCO3)cc1. The van der Waals surface area contributed by atoms with Gasteiger partial charge < -0.3 is 20.1 Å². The summed E-state index contributed by atoms with van der Waals surface area (Å²) in [5.41, 5.74) is 1.98. The van der Waals surface area contributed by atoms with Gasteiger partial charge in [-0.2, -0.15) is 0 Å². The summed E-state index contributed by atoms with van der Waals surface area (Å²) in [5, 5.41) is 5.75. The molecule has 2 aromatic rings. The first-order valence-corrected chi connectivity index (χ1v) is 9.08. The van der Waals surface area contributed by atoms with E-state index in [-0.39, 0.29) is 18.6 Å². The first-order valence-electron chi connectivity index (χ1n) is 9.08. The molecule has 1 aliphatic rings. The van der Waals surface area contributed by atoms with Crippen molar-refractivity contribution < 1.29 is 19.1 Å². The summed E-state index contributed by atoms with van der Waals surface area (Å²) in [5.74, 6) is 1.63. The highest BCUT2D eigenvalue weighted by molar-refractivity contribution is 5.97. The Labute approximate surface area is 158 Å². The third-order valence-electron chi connectivity index (χ3n) is 4.31. The van der Waals surface area contributed by atoms with Crippen LogP contribution in [0.4, 0.5) is 0 Å². The average molecular weight is 368 g/mol. The third-order valence-corrected chi connectivity index (χ3v) is 4.31. The summed E-state index contributed by atoms with van der Waals surface area (Å²) in [7, 11) is 0. The summed E-state index contributed by atoms with van der Waals surface area (Å²) in [6, 6.07) is 12.2. The molecule has 0 unspecified atom stereocenters. The molecule has 0 aromatic heterocycles. The van der Waals surface area contributed by atoms with Crippen molar-refractivity contribution in [3.8, 4) is 11.5 Å². The van der Waals surface area contributed by atoms with Gasteiger partial charge in [0.1, 0.15) is 0 Å². The fourth-order valence-electron chi connectivity index (χ4n) is 2.68. The summed E-state index contributed by atoms with van der Waals surface area (Å²) in [6.07, 6.45) is 0.937. The van der Waals surface area contributed by atoms with Crippen LogP contribution in [-0.4, -0.2) is 25.2 Å². The molecule has 0 saturated carbocycles. The van der Waals surface area contributed by atoms with Gasteiger partial charge in [0.05, 0.1) is 0 Å². The highest BCUT2D eigenvalue weighted by Crippen LogP contribution is 2.32. The number of nitrogens with one attached hydrogen (secondary N) is 2. The van der Waals surface area contributed by atoms with E-state index in [1.54, 1.807) is 24.3 Å². The summed E-state index contributed by atoms with van der Waals surface area (Å²) in [4.78, 5) is 24.4. The van der Waals surface area contributed by atoms with Crippen LogP contribution in [0.25, 0.3) is 0 Å². The van der Waals surface area contributed by atoms with E-state index < -0.39 is 0 Å². The van der Waals surface area contributed by atoms with Crippen molar-refractivity contribution in [1.82, 2.24) is 10.6 Å². The molecule has 0 atom stereocenters. The van der Waals surface area contributed by atoms with Gasteiger partial charge in [0, 0.05) is 24.2 Å². The smallest absolute Gasteiger partial charge is 0.251 e. The second kappa shape index (κ2) is 8.58. The van der Waals surface area contributed by atoms with Gasteiger partial charge in [-0.3, -0.25) is 9.59 Å². The lowest BCUT2D eigenvalue weighted by atomic mass is 10.1. The molecular formula is C21H24N2O4. The Morgan fingerprint density at radius 3 is 2.22 bits per heavy atom. The van der Waals surface area contributed by atoms with Crippen molar-refractivity contribution in [2.75, 3.05) is 13.3 Å². The maximum absolute atomic E-state index is 12.3. The molecule has 0 spiro atoms. The molecule has 0 fully saturated rings. The van der Waals surface area contributed by atoms with Crippen LogP contribution >= 0.6 is 0 Å². The lowest BCUT2D eigenvalue weighted by Gasteiger charge is -2.09. The van der Waals surface area contributed by atoms with Gasteiger partial charge in [-0.1, -0.05) is 19.9 Å². The van der Waals surface area contributed by atoms with Crippen molar-refractivity contribution in [3.05, 3.63) is 59.2 Å². The molecule has 6 heteroatoms. The molecule has 0 saturated heterocycles. The summed E-state index contributed by atoms with van der Waals surface area (Å²) >= 11 is 0. The Hall–Kier alpha value is -3.02. The number of amides is 2. The van der Waals surface area contributed by atoms with Crippen LogP contribution in [0.1, 0.15) is 46.5 Å². The highest BCUT2D eigenvalue weighted by atomic mass is 16.7. The predicted octanol–water partition coefficient (Wildman–Crippen LogP) is 3.12. The van der Waals surface area contributed by atoms with E-state index in [0.717, 1.165) is 12.0 Å². The topological polar surface area (TPSA) is 76.7 Å². The molecule has 2 N–H and O–H groups in total. The maximum Gasteiger partial charge on any atom is 0.251 e. The van der Waals surface area contributed by atoms with Crippen LogP contribution in [0.2, 0.25) is 0 Å². The highest BCUT2D eigenvalue weighted by Gasteiger charge is 2.14. The molecule has 1 heterocycles. The summed E-state index contributed by atoms with van der Waals surface area (Å²) in [6.45, 7) is 5.48. The first kappa shape index (κ1) is 18.8. The fraction of sp³-hybridized carbons (Fsp3) is 0.333. The molecule has 2 amide bonds. The van der Waals surface area contributed by atoms with Gasteiger partial charge in [0.15, 0.2) is 11.5 Å². The molecule has 142 valence electrons. The van der Waals surface area contributed by atoms with E-state index >= 15 is 0 Å². The third kappa shape index (κ3) is 5.00. The monoisotopic (exact) mass is 368 g/mol. The number of benzene rings is 2. The number of carbonyl (C=O) groups is 2. The van der Waals surface area contributed by atoms with Gasteiger partial charge in [0.25, 0.3) is 11.8 Å². The average Bonchev–Trinajstić information content (AvgIpc) is 3.13. The molecule has 3 rings (SSSR count). The number of ether oxygens (including phenoxy) is 2. The molecule has 1 aliphatic heterocycles. The zero-order chi connectivity index (χ0) is 19.2. The van der Waals surface area contributed by atoms with Crippen molar-refractivity contribution in [3.63, 3.8) is 0 Å². The molecular weight excluding hydrogens is 344 g/mol. The van der Waals surface area contributed by atoms with Gasteiger partial charge >= 0.3 is 0 Å². The predicted molar refractivity (Wildman–Crippen MR) is 102 cm³/mol. The Morgan fingerprint density at radius 2 is 1.56 bits per heavy atom. The quantitative estimate of drug-likeness (QED) is 0.787. The Bertz CT molecular complexity index is 815. The minimum Gasteiger partial charge on any atom is -0.454 e. The molecule has 0 bridgehead atoms. The van der Waals surface area contributed by atoms with E-state index in [4.69, 9.17) is 9.47 Å². The number of fused-ring (bicyclic) bond motifs is 1. The van der Waals surface area contributed by atoms with Crippen LogP contribution in [0.5, 0.6) is 11.5 Å². The largest absolute Gasteiger partial charge is 0.454 e. The number of hydrogen-bond acceptors (Lipinski definition) is 4. The maximum atomic E-state index is 12.3. The van der Waals surface area contributed by atoms with Crippen LogP contribution in [0.3, 0.4) is 0 Å². The number of carbonyl (C=O) groups excluding carboxylic acids is 2. The first-order chi connectivity index (χ1) is 13.0. The van der Waals surface area contributed by atoms with Crippen LogP contribution < -0.4 is 20.1 Å². The lowest BCUT2D eigenvalue weighted by molar-refractivity contribution is 0.0939. The second-order valence-corrected chi connectivity index (χ2v) is 6.89. The molecule has 27 heavy (non-hydrogen) atoms. The van der Waals surface area contributed by atoms with E-state index in [1.165, 1.54) is 0 Å². The van der Waals surface area contributed by atoms with Crippen LogP contribution in [-0.2, 0) is 6.54 Å². The molecule has 0 radical (unpaired) electrons. The van der Waals surface area contributed by atoms with Gasteiger partial charge in [-0.25, -0.2) is 0 Å². The standard InChI is InChI=1S/C21H24N2O4/c1-14(2)9-10-22-20(24)16-4-6-17(7-5-16)21(25)23-12-15-3-8-18-19(11-15)27-13-26-18/h3-8,11,14H,9-10,12-13H2,1-2H3,(H,22,24)(H,23,25). The Morgan fingerprint density at radius 1 is 0.926 bits per heavy atom. The van der Waals surface area contributed by atoms with Crippen molar-refractivity contribution in [2.45, 2.75) is 26.8 Å². The van der Waals surface area contributed by atoms with E-state index in [2.05, 4.69) is 24.5 Å². The number of rotatable bonds is 7. The zero-order valence-corrected chi connectivity index (χ0v) is 15.6. The van der Waals surface area contributed by atoms with Crippen LogP contribution in [0.15, 0.2) is 42.5 Å². The molecule has 2 aromatic carbocycles. The molecule has 0 aliphatic carbocycles. The van der Waals surface area contributed by atoms with E-state index in [9.17, 15) is 9.59 Å². The summed E-state index contributed by atoms with van der Waals surface area (Å²) < 4.78 is 10.6. The molecule has 6 nitrogen and oxygen atoms in total. The Kier molecular flexibility index (Phi) is 5.96. The minimum atomic E-state index is -0.195. The lowest BCUT2D eigenvalue weighted by Crippen LogP contribution is -2.26. The van der Waals surface area contributed by atoms with E-state index in [0.29, 0.717) is 41.6 Å². The van der Waals surface area contributed by atoms with Crippen molar-refractivity contribution in [1.29, 1.82) is 0 Å². The van der Waals surface area contributed by atoms with Gasteiger partial charge in [-0.05, 0) is 54.3 Å². The zero-order valence-electron chi connectivity index (χ0n) is 15.6. The normalized spacial score (nSPS) is 12.1. The van der Waals surface area contributed by atoms with Crippen LogP contribution in [0, 0.1) is 5.92 Å². The fourth-order valence-corrected chi connectivity index (χ4v) is 2.68. The number of hydrogen-bond donors (Lipinski definition) is 2.